The van der Waals surface area contributed by atoms with E-state index < -0.39 is 10.0 Å². The predicted molar refractivity (Wildman–Crippen MR) is 66.3 cm³/mol. The quantitative estimate of drug-likeness (QED) is 0.750. The molecular formula is C8H12BrClN4O2S. The van der Waals surface area contributed by atoms with Gasteiger partial charge in [-0.25, -0.2) is 13.1 Å². The zero-order valence-electron chi connectivity index (χ0n) is 9.18. The molecular weight excluding hydrogens is 332 g/mol. The number of rotatable bonds is 2. The Labute approximate surface area is 113 Å². The van der Waals surface area contributed by atoms with E-state index in [-0.39, 0.29) is 15.0 Å². The average molecular weight is 344 g/mol. The first-order valence-electron chi connectivity index (χ1n) is 5.12. The van der Waals surface area contributed by atoms with Crippen molar-refractivity contribution in [3.63, 3.8) is 0 Å². The highest BCUT2D eigenvalue weighted by atomic mass is 79.9. The summed E-state index contributed by atoms with van der Waals surface area (Å²) in [7, 11) is -1.98. The largest absolute Gasteiger partial charge is 0.263 e. The molecule has 0 spiro atoms. The Morgan fingerprint density at radius 2 is 2.00 bits per heavy atom. The zero-order chi connectivity index (χ0) is 12.6. The van der Waals surface area contributed by atoms with Gasteiger partial charge in [0.1, 0.15) is 0 Å². The number of hydrogen-bond donors (Lipinski definition) is 0. The molecule has 0 bridgehead atoms. The summed E-state index contributed by atoms with van der Waals surface area (Å²) in [4.78, 5) is 0. The SMILES string of the molecule is Cn1nnc(Br)c1S(=O)(=O)N1CCC(Cl)CC1. The Morgan fingerprint density at radius 3 is 2.47 bits per heavy atom. The second kappa shape index (κ2) is 4.83. The lowest BCUT2D eigenvalue weighted by atomic mass is 10.2. The molecule has 0 radical (unpaired) electrons. The topological polar surface area (TPSA) is 68.1 Å². The predicted octanol–water partition coefficient (Wildman–Crippen LogP) is 0.969. The Balaban J connectivity index is 2.31. The van der Waals surface area contributed by atoms with Gasteiger partial charge in [0.25, 0.3) is 10.0 Å². The summed E-state index contributed by atoms with van der Waals surface area (Å²) in [5.41, 5.74) is 0. The molecule has 0 amide bonds. The van der Waals surface area contributed by atoms with Crippen LogP contribution in [0.5, 0.6) is 0 Å². The number of nitrogens with zero attached hydrogens (tertiary/aromatic N) is 4. The minimum atomic E-state index is -3.54. The second-order valence-corrected chi connectivity index (χ2v) is 7.11. The summed E-state index contributed by atoms with van der Waals surface area (Å²) in [5, 5.41) is 7.52. The molecule has 1 fully saturated rings. The molecule has 6 nitrogen and oxygen atoms in total. The third-order valence-corrected chi connectivity index (χ3v) is 5.93. The third-order valence-electron chi connectivity index (χ3n) is 2.70. The molecule has 1 aromatic heterocycles. The van der Waals surface area contributed by atoms with Crippen molar-refractivity contribution in [3.05, 3.63) is 4.60 Å². The van der Waals surface area contributed by atoms with Gasteiger partial charge >= 0.3 is 0 Å². The number of halogens is 2. The van der Waals surface area contributed by atoms with Gasteiger partial charge in [-0.3, -0.25) is 0 Å². The number of alkyl halides is 1. The zero-order valence-corrected chi connectivity index (χ0v) is 12.3. The molecule has 96 valence electrons. The van der Waals surface area contributed by atoms with Crippen LogP contribution < -0.4 is 0 Å². The van der Waals surface area contributed by atoms with Gasteiger partial charge in [0.05, 0.1) is 0 Å². The van der Waals surface area contributed by atoms with E-state index in [1.807, 2.05) is 0 Å². The molecule has 0 aromatic carbocycles. The molecule has 1 aromatic rings. The van der Waals surface area contributed by atoms with Crippen molar-refractivity contribution in [1.29, 1.82) is 0 Å². The summed E-state index contributed by atoms with van der Waals surface area (Å²) in [5.74, 6) is 0. The molecule has 1 saturated heterocycles. The average Bonchev–Trinajstić information content (AvgIpc) is 2.59. The van der Waals surface area contributed by atoms with Crippen LogP contribution in [-0.2, 0) is 17.1 Å². The van der Waals surface area contributed by atoms with Crippen LogP contribution in [0.15, 0.2) is 9.63 Å². The lowest BCUT2D eigenvalue weighted by Gasteiger charge is -2.28. The number of hydrogen-bond acceptors (Lipinski definition) is 4. The van der Waals surface area contributed by atoms with Gasteiger partial charge in [0, 0.05) is 25.5 Å². The monoisotopic (exact) mass is 342 g/mol. The van der Waals surface area contributed by atoms with E-state index in [1.165, 1.54) is 8.99 Å². The Bertz CT molecular complexity index is 490. The van der Waals surface area contributed by atoms with Gasteiger partial charge in [0.2, 0.25) is 5.03 Å². The summed E-state index contributed by atoms with van der Waals surface area (Å²) in [6.45, 7) is 0.877. The summed E-state index contributed by atoms with van der Waals surface area (Å²) >= 11 is 9.06. The van der Waals surface area contributed by atoms with E-state index in [2.05, 4.69) is 26.2 Å². The van der Waals surface area contributed by atoms with E-state index in [9.17, 15) is 8.42 Å². The molecule has 0 aliphatic carbocycles. The Kier molecular flexibility index (Phi) is 3.77. The van der Waals surface area contributed by atoms with Crippen molar-refractivity contribution in [3.8, 4) is 0 Å². The summed E-state index contributed by atoms with van der Waals surface area (Å²) in [6.07, 6.45) is 1.34. The summed E-state index contributed by atoms with van der Waals surface area (Å²) in [6, 6.07) is 0. The van der Waals surface area contributed by atoms with E-state index in [4.69, 9.17) is 11.6 Å². The van der Waals surface area contributed by atoms with Crippen LogP contribution in [0.2, 0.25) is 0 Å². The van der Waals surface area contributed by atoms with Crippen LogP contribution in [0.25, 0.3) is 0 Å². The van der Waals surface area contributed by atoms with Crippen molar-refractivity contribution in [2.45, 2.75) is 23.2 Å². The third kappa shape index (κ3) is 2.49. The van der Waals surface area contributed by atoms with Crippen LogP contribution in [-0.4, -0.2) is 46.2 Å². The lowest BCUT2D eigenvalue weighted by molar-refractivity contribution is 0.347. The number of aryl methyl sites for hydroxylation is 1. The molecule has 9 heteroatoms. The molecule has 0 unspecified atom stereocenters. The van der Waals surface area contributed by atoms with Crippen LogP contribution in [0.1, 0.15) is 12.8 Å². The van der Waals surface area contributed by atoms with Gasteiger partial charge < -0.3 is 0 Å². The fraction of sp³-hybridized carbons (Fsp3) is 0.750. The first kappa shape index (κ1) is 13.3. The first-order chi connectivity index (χ1) is 7.93. The minimum Gasteiger partial charge on any atom is -0.235 e. The van der Waals surface area contributed by atoms with Gasteiger partial charge in [-0.2, -0.15) is 4.31 Å². The second-order valence-electron chi connectivity index (χ2n) is 3.89. The molecule has 0 saturated carbocycles. The van der Waals surface area contributed by atoms with Gasteiger partial charge in [0.15, 0.2) is 4.60 Å². The first-order valence-corrected chi connectivity index (χ1v) is 7.79. The highest BCUT2D eigenvalue weighted by molar-refractivity contribution is 9.10. The standard InChI is InChI=1S/C8H12BrClN4O2S/c1-13-8(7(9)11-12-13)17(15,16)14-4-2-6(10)3-5-14/h6H,2-5H2,1H3. The van der Waals surface area contributed by atoms with Crippen molar-refractivity contribution in [1.82, 2.24) is 19.3 Å². The fourth-order valence-electron chi connectivity index (χ4n) is 1.78. The van der Waals surface area contributed by atoms with Crippen LogP contribution >= 0.6 is 27.5 Å². The molecule has 1 aliphatic rings. The molecule has 17 heavy (non-hydrogen) atoms. The Hall–Kier alpha value is -0.180. The maximum Gasteiger partial charge on any atom is 0.263 e. The van der Waals surface area contributed by atoms with Crippen LogP contribution in [0.3, 0.4) is 0 Å². The molecule has 2 rings (SSSR count). The van der Waals surface area contributed by atoms with Crippen LogP contribution in [0, 0.1) is 0 Å². The molecule has 2 heterocycles. The molecule has 0 atom stereocenters. The van der Waals surface area contributed by atoms with E-state index in [1.54, 1.807) is 7.05 Å². The minimum absolute atomic E-state index is 0.0644. The van der Waals surface area contributed by atoms with Crippen molar-refractivity contribution in [2.75, 3.05) is 13.1 Å². The maximum atomic E-state index is 12.3. The molecule has 1 aliphatic heterocycles. The summed E-state index contributed by atoms with van der Waals surface area (Å²) < 4.78 is 27.6. The smallest absolute Gasteiger partial charge is 0.235 e. The number of sulfonamides is 1. The fourth-order valence-corrected chi connectivity index (χ4v) is 4.48. The van der Waals surface area contributed by atoms with Crippen LogP contribution in [0.4, 0.5) is 0 Å². The van der Waals surface area contributed by atoms with Crippen molar-refractivity contribution >= 4 is 37.6 Å². The van der Waals surface area contributed by atoms with E-state index in [0.717, 1.165) is 0 Å². The maximum absolute atomic E-state index is 12.3. The van der Waals surface area contributed by atoms with Gasteiger partial charge in [-0.1, -0.05) is 5.21 Å². The van der Waals surface area contributed by atoms with Crippen molar-refractivity contribution < 1.29 is 8.42 Å². The number of aromatic nitrogens is 3. The van der Waals surface area contributed by atoms with Gasteiger partial charge in [-0.15, -0.1) is 16.7 Å². The molecule has 0 N–H and O–H groups in total. The highest BCUT2D eigenvalue weighted by Crippen LogP contribution is 2.26. The Morgan fingerprint density at radius 1 is 1.41 bits per heavy atom. The lowest BCUT2D eigenvalue weighted by Crippen LogP contribution is -2.39. The van der Waals surface area contributed by atoms with Gasteiger partial charge in [-0.05, 0) is 28.8 Å². The number of piperidine rings is 1. The highest BCUT2D eigenvalue weighted by Gasteiger charge is 2.33. The normalized spacial score (nSPS) is 19.7. The van der Waals surface area contributed by atoms with E-state index >= 15 is 0 Å². The van der Waals surface area contributed by atoms with Crippen molar-refractivity contribution in [2.24, 2.45) is 7.05 Å². The van der Waals surface area contributed by atoms with E-state index in [0.29, 0.717) is 25.9 Å².